The zero-order valence-corrected chi connectivity index (χ0v) is 8.30. The first-order valence-electron chi connectivity index (χ1n) is 4.44. The summed E-state index contributed by atoms with van der Waals surface area (Å²) >= 11 is 0. The van der Waals surface area contributed by atoms with E-state index < -0.39 is 6.43 Å². The quantitative estimate of drug-likeness (QED) is 0.829. The van der Waals surface area contributed by atoms with Gasteiger partial charge in [0.25, 0.3) is 6.43 Å². The summed E-state index contributed by atoms with van der Waals surface area (Å²) in [6.07, 6.45) is -1.23. The number of alkyl halides is 2. The molecule has 0 radical (unpaired) electrons. The van der Waals surface area contributed by atoms with Crippen molar-refractivity contribution in [2.45, 2.75) is 26.3 Å². The third kappa shape index (κ3) is 2.28. The molecule has 0 atom stereocenters. The van der Waals surface area contributed by atoms with E-state index in [4.69, 9.17) is 11.0 Å². The number of nitrogens with zero attached hydrogens (tertiary/aromatic N) is 2. The number of pyridine rings is 1. The van der Waals surface area contributed by atoms with Crippen LogP contribution in [0.15, 0.2) is 6.20 Å². The van der Waals surface area contributed by atoms with Gasteiger partial charge in [0, 0.05) is 24.0 Å². The first kappa shape index (κ1) is 11.5. The van der Waals surface area contributed by atoms with E-state index in [0.29, 0.717) is 11.1 Å². The number of hydrogen-bond acceptors (Lipinski definition) is 3. The highest BCUT2D eigenvalue weighted by molar-refractivity contribution is 5.38. The van der Waals surface area contributed by atoms with Gasteiger partial charge in [0.1, 0.15) is 0 Å². The van der Waals surface area contributed by atoms with Gasteiger partial charge in [-0.05, 0) is 18.1 Å². The Bertz CT molecular complexity index is 396. The van der Waals surface area contributed by atoms with Crippen molar-refractivity contribution in [2.24, 2.45) is 5.73 Å². The topological polar surface area (TPSA) is 62.7 Å². The van der Waals surface area contributed by atoms with E-state index in [1.807, 2.05) is 6.07 Å². The number of nitrogens with two attached hydrogens (primary N) is 1. The third-order valence-electron chi connectivity index (χ3n) is 2.21. The lowest BCUT2D eigenvalue weighted by Crippen LogP contribution is -2.08. The van der Waals surface area contributed by atoms with Gasteiger partial charge in [-0.15, -0.1) is 0 Å². The van der Waals surface area contributed by atoms with Gasteiger partial charge >= 0.3 is 0 Å². The predicted octanol–water partition coefficient (Wildman–Crippen LogP) is 1.85. The minimum absolute atomic E-state index is 0.0600. The molecule has 0 unspecified atom stereocenters. The molecule has 0 saturated heterocycles. The lowest BCUT2D eigenvalue weighted by molar-refractivity contribution is 0.149. The zero-order valence-electron chi connectivity index (χ0n) is 8.30. The number of aryl methyl sites for hydroxylation is 1. The standard InChI is InChI=1S/C10H11F2N3/c1-6-9(10(11)12)8(2-3-13)7(4-14)5-15-6/h5,10H,2,4,14H2,1H3. The van der Waals surface area contributed by atoms with Crippen LogP contribution in [0.25, 0.3) is 0 Å². The number of rotatable bonds is 3. The maximum atomic E-state index is 12.7. The van der Waals surface area contributed by atoms with Gasteiger partial charge in [0.05, 0.1) is 12.5 Å². The molecule has 0 aromatic carbocycles. The summed E-state index contributed by atoms with van der Waals surface area (Å²) in [5.41, 5.74) is 6.34. The SMILES string of the molecule is Cc1ncc(CN)c(CC#N)c1C(F)F. The van der Waals surface area contributed by atoms with Gasteiger partial charge < -0.3 is 5.73 Å². The second-order valence-electron chi connectivity index (χ2n) is 3.10. The number of hydrogen-bond donors (Lipinski definition) is 1. The molecule has 15 heavy (non-hydrogen) atoms. The molecule has 0 amide bonds. The van der Waals surface area contributed by atoms with Crippen LogP contribution in [0.5, 0.6) is 0 Å². The highest BCUT2D eigenvalue weighted by Crippen LogP contribution is 2.27. The molecule has 1 rings (SSSR count). The molecule has 1 aromatic heterocycles. The highest BCUT2D eigenvalue weighted by atomic mass is 19.3. The molecule has 5 heteroatoms. The minimum Gasteiger partial charge on any atom is -0.326 e. The van der Waals surface area contributed by atoms with Crippen LogP contribution in [-0.4, -0.2) is 4.98 Å². The molecular weight excluding hydrogens is 200 g/mol. The zero-order chi connectivity index (χ0) is 11.4. The van der Waals surface area contributed by atoms with Crippen molar-refractivity contribution >= 4 is 0 Å². The Morgan fingerprint density at radius 2 is 2.27 bits per heavy atom. The highest BCUT2D eigenvalue weighted by Gasteiger charge is 2.19. The summed E-state index contributed by atoms with van der Waals surface area (Å²) in [4.78, 5) is 3.84. The van der Waals surface area contributed by atoms with Gasteiger partial charge in [0.2, 0.25) is 0 Å². The van der Waals surface area contributed by atoms with Crippen LogP contribution in [0.4, 0.5) is 8.78 Å². The predicted molar refractivity (Wildman–Crippen MR) is 51.1 cm³/mol. The van der Waals surface area contributed by atoms with Crippen molar-refractivity contribution in [3.8, 4) is 6.07 Å². The van der Waals surface area contributed by atoms with Crippen LogP contribution in [0, 0.1) is 18.3 Å². The van der Waals surface area contributed by atoms with Crippen LogP contribution in [0.3, 0.4) is 0 Å². The molecule has 0 saturated carbocycles. The molecule has 0 aliphatic heterocycles. The Labute approximate surface area is 86.5 Å². The first-order chi connectivity index (χ1) is 7.11. The second kappa shape index (κ2) is 4.80. The van der Waals surface area contributed by atoms with E-state index in [1.54, 1.807) is 0 Å². The van der Waals surface area contributed by atoms with Crippen molar-refractivity contribution < 1.29 is 8.78 Å². The summed E-state index contributed by atoms with van der Waals surface area (Å²) in [5, 5.41) is 8.58. The summed E-state index contributed by atoms with van der Waals surface area (Å²) in [6.45, 7) is 1.62. The van der Waals surface area contributed by atoms with Crippen molar-refractivity contribution in [1.29, 1.82) is 5.26 Å². The van der Waals surface area contributed by atoms with E-state index >= 15 is 0 Å². The van der Waals surface area contributed by atoms with Crippen LogP contribution in [-0.2, 0) is 13.0 Å². The maximum Gasteiger partial charge on any atom is 0.265 e. The van der Waals surface area contributed by atoms with Crippen molar-refractivity contribution in [1.82, 2.24) is 4.98 Å². The molecular formula is C10H11F2N3. The van der Waals surface area contributed by atoms with E-state index in [0.717, 1.165) is 0 Å². The van der Waals surface area contributed by atoms with E-state index in [9.17, 15) is 8.78 Å². The number of nitriles is 1. The molecule has 0 fully saturated rings. The number of halogens is 2. The Hall–Kier alpha value is -1.54. The molecule has 0 bridgehead atoms. The normalized spacial score (nSPS) is 10.4. The van der Waals surface area contributed by atoms with Gasteiger partial charge in [-0.2, -0.15) is 5.26 Å². The maximum absolute atomic E-state index is 12.7. The fourth-order valence-electron chi connectivity index (χ4n) is 1.47. The Morgan fingerprint density at radius 1 is 1.60 bits per heavy atom. The fourth-order valence-corrected chi connectivity index (χ4v) is 1.47. The van der Waals surface area contributed by atoms with Crippen molar-refractivity contribution in [3.05, 3.63) is 28.6 Å². The van der Waals surface area contributed by atoms with Gasteiger partial charge in [-0.1, -0.05) is 0 Å². The molecule has 0 spiro atoms. The molecule has 0 aliphatic carbocycles. The molecule has 3 nitrogen and oxygen atoms in total. The Morgan fingerprint density at radius 3 is 2.73 bits per heavy atom. The van der Waals surface area contributed by atoms with Crippen molar-refractivity contribution in [3.63, 3.8) is 0 Å². The number of aromatic nitrogens is 1. The van der Waals surface area contributed by atoms with E-state index in [2.05, 4.69) is 4.98 Å². The van der Waals surface area contributed by atoms with Crippen molar-refractivity contribution in [2.75, 3.05) is 0 Å². The first-order valence-corrected chi connectivity index (χ1v) is 4.44. The van der Waals surface area contributed by atoms with Crippen LogP contribution in [0.2, 0.25) is 0 Å². The molecule has 2 N–H and O–H groups in total. The third-order valence-corrected chi connectivity index (χ3v) is 2.21. The largest absolute Gasteiger partial charge is 0.326 e. The van der Waals surface area contributed by atoms with Gasteiger partial charge in [0.15, 0.2) is 0 Å². The summed E-state index contributed by atoms with van der Waals surface area (Å²) < 4.78 is 25.5. The Kier molecular flexibility index (Phi) is 3.69. The summed E-state index contributed by atoms with van der Waals surface area (Å²) in [7, 11) is 0. The smallest absolute Gasteiger partial charge is 0.265 e. The summed E-state index contributed by atoms with van der Waals surface area (Å²) in [6, 6.07) is 1.86. The lowest BCUT2D eigenvalue weighted by atomic mass is 9.99. The van der Waals surface area contributed by atoms with Gasteiger partial charge in [-0.3, -0.25) is 4.98 Å². The average Bonchev–Trinajstić information content (AvgIpc) is 2.18. The summed E-state index contributed by atoms with van der Waals surface area (Å²) in [5.74, 6) is 0. The lowest BCUT2D eigenvalue weighted by Gasteiger charge is -2.12. The molecule has 80 valence electrons. The van der Waals surface area contributed by atoms with Crippen LogP contribution >= 0.6 is 0 Å². The second-order valence-corrected chi connectivity index (χ2v) is 3.10. The minimum atomic E-state index is -2.62. The fraction of sp³-hybridized carbons (Fsp3) is 0.400. The average molecular weight is 211 g/mol. The van der Waals surface area contributed by atoms with Gasteiger partial charge in [-0.25, -0.2) is 8.78 Å². The van der Waals surface area contributed by atoms with Crippen LogP contribution in [0.1, 0.15) is 28.8 Å². The molecule has 0 aliphatic rings. The van der Waals surface area contributed by atoms with Crippen LogP contribution < -0.4 is 5.73 Å². The Balaban J connectivity index is 3.38. The van der Waals surface area contributed by atoms with E-state index in [1.165, 1.54) is 13.1 Å². The molecule has 1 heterocycles. The molecule has 1 aromatic rings. The van der Waals surface area contributed by atoms with E-state index in [-0.39, 0.29) is 24.2 Å². The monoisotopic (exact) mass is 211 g/mol.